The zero-order valence-corrected chi connectivity index (χ0v) is 14.3. The summed E-state index contributed by atoms with van der Waals surface area (Å²) < 4.78 is 13.5. The standard InChI is InChI=1S/C15H13Cl2N3O2S/c16-12-2-1-9(4-13(12)17)19-6-14(18-8-19)15(21)20-5-11-3-10(20)7-23(11)22/h1-2,4,6,8,10-11H,3,5,7H2/t10-,11-,23?/m0/s1. The number of likely N-dealkylation sites (tertiary alicyclic amines) is 1. The molecule has 2 aliphatic heterocycles. The second-order valence-electron chi connectivity index (χ2n) is 5.78. The summed E-state index contributed by atoms with van der Waals surface area (Å²) in [5.41, 5.74) is 1.17. The molecule has 3 atom stereocenters. The van der Waals surface area contributed by atoms with Crippen LogP contribution in [0.25, 0.3) is 5.69 Å². The molecule has 3 heterocycles. The van der Waals surface area contributed by atoms with Crippen LogP contribution in [0.3, 0.4) is 0 Å². The van der Waals surface area contributed by atoms with Crippen molar-refractivity contribution in [1.82, 2.24) is 14.5 Å². The highest BCUT2D eigenvalue weighted by Crippen LogP contribution is 2.31. The van der Waals surface area contributed by atoms with Gasteiger partial charge in [-0.1, -0.05) is 23.2 Å². The highest BCUT2D eigenvalue weighted by atomic mass is 35.5. The van der Waals surface area contributed by atoms with Crippen molar-refractivity contribution >= 4 is 39.9 Å². The van der Waals surface area contributed by atoms with E-state index in [0.717, 1.165) is 12.1 Å². The predicted octanol–water partition coefficient (Wildman–Crippen LogP) is 2.52. The fraction of sp³-hybridized carbons (Fsp3) is 0.333. The van der Waals surface area contributed by atoms with E-state index in [2.05, 4.69) is 4.98 Å². The number of aromatic nitrogens is 2. The molecule has 1 aromatic heterocycles. The zero-order valence-electron chi connectivity index (χ0n) is 12.0. The number of imidazole rings is 1. The molecule has 0 aliphatic carbocycles. The Hall–Kier alpha value is -1.37. The molecule has 0 radical (unpaired) electrons. The van der Waals surface area contributed by atoms with Crippen LogP contribution < -0.4 is 0 Å². The molecule has 2 bridgehead atoms. The summed E-state index contributed by atoms with van der Waals surface area (Å²) in [6.07, 6.45) is 4.11. The highest BCUT2D eigenvalue weighted by molar-refractivity contribution is 7.86. The first kappa shape index (κ1) is 15.2. The summed E-state index contributed by atoms with van der Waals surface area (Å²) in [5, 5.41) is 1.05. The number of rotatable bonds is 2. The Kier molecular flexibility index (Phi) is 3.70. The molecule has 0 N–H and O–H groups in total. The van der Waals surface area contributed by atoms with Crippen molar-refractivity contribution in [2.45, 2.75) is 17.7 Å². The van der Waals surface area contributed by atoms with Crippen LogP contribution in [0, 0.1) is 0 Å². The zero-order chi connectivity index (χ0) is 16.1. The van der Waals surface area contributed by atoms with Crippen LogP contribution in [0.5, 0.6) is 0 Å². The van der Waals surface area contributed by atoms with Crippen molar-refractivity contribution in [3.05, 3.63) is 46.5 Å². The summed E-state index contributed by atoms with van der Waals surface area (Å²) in [6, 6.07) is 5.32. The van der Waals surface area contributed by atoms with Crippen molar-refractivity contribution in [1.29, 1.82) is 0 Å². The van der Waals surface area contributed by atoms with Gasteiger partial charge in [0.25, 0.3) is 5.91 Å². The third-order valence-corrected chi connectivity index (χ3v) is 6.91. The second-order valence-corrected chi connectivity index (χ2v) is 8.36. The van der Waals surface area contributed by atoms with Gasteiger partial charge in [-0.25, -0.2) is 4.98 Å². The normalized spacial score (nSPS) is 26.0. The molecule has 2 aliphatic rings. The van der Waals surface area contributed by atoms with Crippen molar-refractivity contribution < 1.29 is 9.00 Å². The molecule has 8 heteroatoms. The van der Waals surface area contributed by atoms with Gasteiger partial charge in [0.05, 0.1) is 15.3 Å². The molecular weight excluding hydrogens is 357 g/mol. The molecule has 0 saturated carbocycles. The van der Waals surface area contributed by atoms with E-state index < -0.39 is 10.8 Å². The lowest BCUT2D eigenvalue weighted by Crippen LogP contribution is -2.42. The van der Waals surface area contributed by atoms with E-state index in [4.69, 9.17) is 23.2 Å². The number of benzene rings is 1. The number of carbonyl (C=O) groups is 1. The summed E-state index contributed by atoms with van der Waals surface area (Å²) in [5.74, 6) is 0.484. The van der Waals surface area contributed by atoms with E-state index in [1.54, 1.807) is 34.1 Å². The van der Waals surface area contributed by atoms with Crippen LogP contribution in [0.15, 0.2) is 30.7 Å². The van der Waals surface area contributed by atoms with Crippen LogP contribution in [0.4, 0.5) is 0 Å². The maximum absolute atomic E-state index is 12.6. The Labute approximate surface area is 145 Å². The molecule has 1 aromatic carbocycles. The molecule has 120 valence electrons. The quantitative estimate of drug-likeness (QED) is 0.817. The maximum atomic E-state index is 12.6. The van der Waals surface area contributed by atoms with Gasteiger partial charge >= 0.3 is 0 Å². The Balaban J connectivity index is 1.57. The fourth-order valence-corrected chi connectivity index (χ4v) is 5.19. The molecule has 2 fully saturated rings. The van der Waals surface area contributed by atoms with Crippen LogP contribution in [-0.4, -0.2) is 48.2 Å². The maximum Gasteiger partial charge on any atom is 0.274 e. The van der Waals surface area contributed by atoms with Gasteiger partial charge in [0.1, 0.15) is 12.0 Å². The molecule has 2 saturated heterocycles. The first-order chi connectivity index (χ1) is 11.0. The second kappa shape index (κ2) is 5.61. The highest BCUT2D eigenvalue weighted by Gasteiger charge is 2.45. The van der Waals surface area contributed by atoms with Crippen molar-refractivity contribution in [2.24, 2.45) is 0 Å². The average molecular weight is 370 g/mol. The minimum absolute atomic E-state index is 0.0865. The van der Waals surface area contributed by atoms with E-state index in [1.165, 1.54) is 0 Å². The minimum atomic E-state index is -0.781. The van der Waals surface area contributed by atoms with Gasteiger partial charge in [0.15, 0.2) is 0 Å². The number of fused-ring (bicyclic) bond motifs is 2. The molecule has 5 nitrogen and oxygen atoms in total. The molecule has 0 spiro atoms. The summed E-state index contributed by atoms with van der Waals surface area (Å²) in [4.78, 5) is 18.6. The number of hydrogen-bond donors (Lipinski definition) is 0. The fourth-order valence-electron chi connectivity index (χ4n) is 3.16. The van der Waals surface area contributed by atoms with E-state index in [9.17, 15) is 9.00 Å². The summed E-state index contributed by atoms with van der Waals surface area (Å²) in [7, 11) is -0.781. The van der Waals surface area contributed by atoms with E-state index in [0.29, 0.717) is 28.0 Å². The van der Waals surface area contributed by atoms with Crippen molar-refractivity contribution in [3.8, 4) is 5.69 Å². The van der Waals surface area contributed by atoms with E-state index >= 15 is 0 Å². The van der Waals surface area contributed by atoms with Gasteiger partial charge in [-0.3, -0.25) is 9.00 Å². The van der Waals surface area contributed by atoms with Crippen molar-refractivity contribution in [3.63, 3.8) is 0 Å². The Bertz CT molecular complexity index is 823. The lowest BCUT2D eigenvalue weighted by Gasteiger charge is -2.25. The lowest BCUT2D eigenvalue weighted by atomic mass is 10.2. The van der Waals surface area contributed by atoms with Gasteiger partial charge in [0, 0.05) is 41.0 Å². The average Bonchev–Trinajstić information content (AvgIpc) is 3.23. The third kappa shape index (κ3) is 2.58. The Morgan fingerprint density at radius 1 is 1.30 bits per heavy atom. The predicted molar refractivity (Wildman–Crippen MR) is 89.8 cm³/mol. The summed E-state index contributed by atoms with van der Waals surface area (Å²) >= 11 is 11.9. The number of nitrogens with zero attached hydrogens (tertiary/aromatic N) is 3. The molecule has 23 heavy (non-hydrogen) atoms. The van der Waals surface area contributed by atoms with Crippen LogP contribution >= 0.6 is 23.2 Å². The van der Waals surface area contributed by atoms with Gasteiger partial charge in [0.2, 0.25) is 0 Å². The topological polar surface area (TPSA) is 55.2 Å². The minimum Gasteiger partial charge on any atom is -0.332 e. The number of hydrogen-bond acceptors (Lipinski definition) is 3. The molecule has 1 unspecified atom stereocenters. The Morgan fingerprint density at radius 3 is 2.78 bits per heavy atom. The van der Waals surface area contributed by atoms with Crippen LogP contribution in [0.2, 0.25) is 10.0 Å². The molecule has 1 amide bonds. The smallest absolute Gasteiger partial charge is 0.274 e. The first-order valence-corrected chi connectivity index (χ1v) is 9.34. The number of halogens is 2. The lowest BCUT2D eigenvalue weighted by molar-refractivity contribution is 0.0741. The van der Waals surface area contributed by atoms with Crippen LogP contribution in [0.1, 0.15) is 16.9 Å². The SMILES string of the molecule is O=C(c1cn(-c2ccc(Cl)c(Cl)c2)cn1)N1C[C@@H]2C[C@H]1CS2=O. The van der Waals surface area contributed by atoms with E-state index in [-0.39, 0.29) is 17.2 Å². The molecule has 4 rings (SSSR count). The van der Waals surface area contributed by atoms with Gasteiger partial charge in [-0.15, -0.1) is 0 Å². The Morgan fingerprint density at radius 2 is 2.13 bits per heavy atom. The molecular formula is C15H13Cl2N3O2S. The van der Waals surface area contributed by atoms with Crippen molar-refractivity contribution in [2.75, 3.05) is 12.3 Å². The first-order valence-electron chi connectivity index (χ1n) is 7.20. The third-order valence-electron chi connectivity index (χ3n) is 4.37. The van der Waals surface area contributed by atoms with Gasteiger partial charge < -0.3 is 9.47 Å². The van der Waals surface area contributed by atoms with Crippen LogP contribution in [-0.2, 0) is 10.8 Å². The number of carbonyl (C=O) groups excluding carboxylic acids is 1. The van der Waals surface area contributed by atoms with E-state index in [1.807, 2.05) is 6.07 Å². The van der Waals surface area contributed by atoms with Gasteiger partial charge in [-0.05, 0) is 24.6 Å². The largest absolute Gasteiger partial charge is 0.332 e. The number of amides is 1. The van der Waals surface area contributed by atoms with Gasteiger partial charge in [-0.2, -0.15) is 0 Å². The monoisotopic (exact) mass is 369 g/mol. The summed E-state index contributed by atoms with van der Waals surface area (Å²) in [6.45, 7) is 0.565. The molecule has 2 aromatic rings.